The van der Waals surface area contributed by atoms with Gasteiger partial charge in [-0.25, -0.2) is 14.6 Å². The number of alkyl halides is 6. The molecule has 10 nitrogen and oxygen atoms in total. The van der Waals surface area contributed by atoms with Crippen molar-refractivity contribution in [3.63, 3.8) is 0 Å². The minimum Gasteiger partial charge on any atom is -0.497 e. The number of hydrogen-bond donors (Lipinski definition) is 2. The second-order valence-electron chi connectivity index (χ2n) is 9.63. The minimum absolute atomic E-state index is 0.230. The molecule has 3 heterocycles. The van der Waals surface area contributed by atoms with E-state index in [9.17, 15) is 26.3 Å². The Bertz CT molecular complexity index is 1100. The summed E-state index contributed by atoms with van der Waals surface area (Å²) in [5.74, 6) is -3.47. The summed E-state index contributed by atoms with van der Waals surface area (Å²) in [6.45, 7) is 7.85. The number of methoxy groups -OCH3 is 1. The van der Waals surface area contributed by atoms with Crippen molar-refractivity contribution in [1.82, 2.24) is 19.4 Å². The number of halogens is 6. The lowest BCUT2D eigenvalue weighted by molar-refractivity contribution is -0.193. The van der Waals surface area contributed by atoms with Gasteiger partial charge in [-0.15, -0.1) is 0 Å². The van der Waals surface area contributed by atoms with E-state index < -0.39 is 24.3 Å². The van der Waals surface area contributed by atoms with Gasteiger partial charge in [-0.3, -0.25) is 9.80 Å². The predicted molar refractivity (Wildman–Crippen MR) is 132 cm³/mol. The number of nitrogens with zero attached hydrogens (tertiary/aromatic N) is 4. The summed E-state index contributed by atoms with van der Waals surface area (Å²) >= 11 is 0. The van der Waals surface area contributed by atoms with Gasteiger partial charge < -0.3 is 24.3 Å². The highest BCUT2D eigenvalue weighted by Gasteiger charge is 2.41. The van der Waals surface area contributed by atoms with Crippen LogP contribution in [-0.2, 0) is 34.5 Å². The third kappa shape index (κ3) is 11.2. The first-order valence-corrected chi connectivity index (χ1v) is 12.3. The zero-order chi connectivity index (χ0) is 30.8. The number of hydrogen-bond acceptors (Lipinski definition) is 7. The Hall–Kier alpha value is -3.37. The van der Waals surface area contributed by atoms with Crippen LogP contribution in [0.3, 0.4) is 0 Å². The molecular formula is C25H32F6N4O6. The van der Waals surface area contributed by atoms with Gasteiger partial charge in [-0.05, 0) is 30.7 Å². The molecule has 1 aromatic carbocycles. The van der Waals surface area contributed by atoms with E-state index in [1.54, 1.807) is 7.11 Å². The maximum atomic E-state index is 10.6. The molecule has 2 saturated heterocycles. The Morgan fingerprint density at radius 1 is 0.976 bits per heavy atom. The van der Waals surface area contributed by atoms with Gasteiger partial charge in [-0.2, -0.15) is 26.3 Å². The number of aliphatic carboxylic acids is 2. The van der Waals surface area contributed by atoms with Crippen molar-refractivity contribution in [3.8, 4) is 5.75 Å². The van der Waals surface area contributed by atoms with Crippen LogP contribution in [0.15, 0.2) is 36.7 Å². The van der Waals surface area contributed by atoms with Gasteiger partial charge in [0, 0.05) is 51.0 Å². The lowest BCUT2D eigenvalue weighted by atomic mass is 9.87. The highest BCUT2D eigenvalue weighted by Crippen LogP contribution is 2.34. The number of likely N-dealkylation sites (tertiary alicyclic amines) is 1. The maximum Gasteiger partial charge on any atom is 0.490 e. The average molecular weight is 599 g/mol. The van der Waals surface area contributed by atoms with Gasteiger partial charge in [0.1, 0.15) is 11.6 Å². The standard InChI is InChI=1S/C21H30N4O2.2C2HF3O2/c1-23-10-8-22-20(23)14-24-9-7-21(15-24)16-25(11-12-27-17-21)13-18-3-5-19(26-2)6-4-18;2*3-2(4,5)1(6)7/h3-6,8,10H,7,9,11-17H2,1-2H3;2*(H,6,7). The smallest absolute Gasteiger partial charge is 0.490 e. The van der Waals surface area contributed by atoms with E-state index in [-0.39, 0.29) is 5.41 Å². The molecule has 0 amide bonds. The molecule has 2 aliphatic heterocycles. The summed E-state index contributed by atoms with van der Waals surface area (Å²) in [4.78, 5) is 27.4. The van der Waals surface area contributed by atoms with E-state index in [1.165, 1.54) is 12.0 Å². The second-order valence-corrected chi connectivity index (χ2v) is 9.63. The number of aryl methyl sites for hydroxylation is 1. The number of aromatic nitrogens is 2. The van der Waals surface area contributed by atoms with E-state index in [4.69, 9.17) is 29.3 Å². The van der Waals surface area contributed by atoms with Crippen molar-refractivity contribution in [2.45, 2.75) is 31.9 Å². The highest BCUT2D eigenvalue weighted by atomic mass is 19.4. The third-order valence-electron chi connectivity index (χ3n) is 6.37. The SMILES string of the molecule is COc1ccc(CN2CCOCC3(CCN(Cc4nccn4C)C3)C2)cc1.O=C(O)C(F)(F)F.O=C(O)C(F)(F)F. The number of ether oxygens (including phenoxy) is 2. The zero-order valence-electron chi connectivity index (χ0n) is 22.4. The quantitative estimate of drug-likeness (QED) is 0.500. The van der Waals surface area contributed by atoms with Crippen LogP contribution >= 0.6 is 0 Å². The van der Waals surface area contributed by atoms with Crippen LogP contribution in [-0.4, -0.2) is 100 Å². The fourth-order valence-corrected chi connectivity index (χ4v) is 4.36. The Kier molecular flexibility index (Phi) is 12.0. The molecule has 1 aromatic heterocycles. The average Bonchev–Trinajstić information content (AvgIpc) is 3.41. The Morgan fingerprint density at radius 2 is 1.51 bits per heavy atom. The predicted octanol–water partition coefficient (Wildman–Crippen LogP) is 3.42. The molecule has 230 valence electrons. The highest BCUT2D eigenvalue weighted by molar-refractivity contribution is 5.73. The van der Waals surface area contributed by atoms with Crippen molar-refractivity contribution in [1.29, 1.82) is 0 Å². The Balaban J connectivity index is 0.000000349. The summed E-state index contributed by atoms with van der Waals surface area (Å²) in [5.41, 5.74) is 1.56. The fraction of sp³-hybridized carbons (Fsp3) is 0.560. The van der Waals surface area contributed by atoms with Crippen molar-refractivity contribution in [2.24, 2.45) is 12.5 Å². The van der Waals surface area contributed by atoms with Crippen LogP contribution in [0, 0.1) is 5.41 Å². The monoisotopic (exact) mass is 598 g/mol. The molecule has 0 aliphatic carbocycles. The zero-order valence-corrected chi connectivity index (χ0v) is 22.4. The molecule has 0 saturated carbocycles. The van der Waals surface area contributed by atoms with Gasteiger partial charge in [-0.1, -0.05) is 12.1 Å². The summed E-state index contributed by atoms with van der Waals surface area (Å²) in [5, 5.41) is 14.2. The molecule has 4 rings (SSSR count). The molecule has 1 atom stereocenters. The molecule has 41 heavy (non-hydrogen) atoms. The van der Waals surface area contributed by atoms with Crippen molar-refractivity contribution in [3.05, 3.63) is 48.0 Å². The van der Waals surface area contributed by atoms with Crippen LogP contribution in [0.25, 0.3) is 0 Å². The van der Waals surface area contributed by atoms with Crippen LogP contribution in [0.5, 0.6) is 5.75 Å². The molecular weight excluding hydrogens is 566 g/mol. The van der Waals surface area contributed by atoms with E-state index >= 15 is 0 Å². The first-order chi connectivity index (χ1) is 19.0. The lowest BCUT2D eigenvalue weighted by Crippen LogP contribution is -2.40. The fourth-order valence-electron chi connectivity index (χ4n) is 4.36. The van der Waals surface area contributed by atoms with E-state index in [1.807, 2.05) is 24.5 Å². The van der Waals surface area contributed by atoms with Crippen molar-refractivity contribution in [2.75, 3.05) is 46.5 Å². The number of benzene rings is 1. The number of carboxylic acids is 2. The van der Waals surface area contributed by atoms with E-state index in [0.717, 1.165) is 64.1 Å². The van der Waals surface area contributed by atoms with Gasteiger partial charge in [0.05, 0.1) is 26.9 Å². The van der Waals surface area contributed by atoms with Crippen molar-refractivity contribution < 1.29 is 55.6 Å². The molecule has 1 unspecified atom stereocenters. The normalized spacial score (nSPS) is 19.9. The first-order valence-electron chi connectivity index (χ1n) is 12.3. The summed E-state index contributed by atoms with van der Waals surface area (Å²) in [6, 6.07) is 8.42. The summed E-state index contributed by atoms with van der Waals surface area (Å²) in [6.07, 6.45) is -5.07. The number of rotatable bonds is 5. The first kappa shape index (κ1) is 33.8. The van der Waals surface area contributed by atoms with Crippen LogP contribution in [0.2, 0.25) is 0 Å². The number of carbonyl (C=O) groups is 2. The number of carboxylic acid groups (broad SMARTS) is 2. The van der Waals surface area contributed by atoms with Gasteiger partial charge in [0.2, 0.25) is 0 Å². The number of imidazole rings is 1. The second kappa shape index (κ2) is 14.5. The third-order valence-corrected chi connectivity index (χ3v) is 6.37. The van der Waals surface area contributed by atoms with Gasteiger partial charge in [0.25, 0.3) is 0 Å². The van der Waals surface area contributed by atoms with Crippen LogP contribution in [0.1, 0.15) is 17.8 Å². The van der Waals surface area contributed by atoms with E-state index in [0.29, 0.717) is 0 Å². The Labute approximate surface area is 232 Å². The molecule has 0 radical (unpaired) electrons. The molecule has 2 fully saturated rings. The topological polar surface area (TPSA) is 117 Å². The Morgan fingerprint density at radius 3 is 1.98 bits per heavy atom. The molecule has 0 bridgehead atoms. The summed E-state index contributed by atoms with van der Waals surface area (Å²) < 4.78 is 76.9. The van der Waals surface area contributed by atoms with Crippen LogP contribution in [0.4, 0.5) is 26.3 Å². The molecule has 2 N–H and O–H groups in total. The van der Waals surface area contributed by atoms with Crippen molar-refractivity contribution >= 4 is 11.9 Å². The van der Waals surface area contributed by atoms with E-state index in [2.05, 4.69) is 38.5 Å². The minimum atomic E-state index is -5.08. The molecule has 16 heteroatoms. The van der Waals surface area contributed by atoms with Gasteiger partial charge in [0.15, 0.2) is 0 Å². The lowest BCUT2D eigenvalue weighted by Gasteiger charge is -2.32. The molecule has 1 spiro atoms. The maximum absolute atomic E-state index is 10.6. The molecule has 2 aliphatic rings. The summed E-state index contributed by atoms with van der Waals surface area (Å²) in [7, 11) is 3.78. The largest absolute Gasteiger partial charge is 0.497 e. The molecule has 2 aromatic rings. The van der Waals surface area contributed by atoms with Gasteiger partial charge >= 0.3 is 24.3 Å². The van der Waals surface area contributed by atoms with Crippen LogP contribution < -0.4 is 4.74 Å².